The van der Waals surface area contributed by atoms with Crippen molar-refractivity contribution in [2.45, 2.75) is 104 Å². The van der Waals surface area contributed by atoms with Crippen molar-refractivity contribution in [3.05, 3.63) is 106 Å². The monoisotopic (exact) mass is 864 g/mol. The maximum absolute atomic E-state index is 14.4. The molecule has 62 heavy (non-hydrogen) atoms. The molecule has 4 aliphatic rings. The summed E-state index contributed by atoms with van der Waals surface area (Å²) in [5.41, 5.74) is 1.78. The Morgan fingerprint density at radius 3 is 1.63 bits per heavy atom. The van der Waals surface area contributed by atoms with Crippen molar-refractivity contribution in [1.82, 2.24) is 0 Å². The number of hydrogen-bond acceptors (Lipinski definition) is 18. The van der Waals surface area contributed by atoms with E-state index < -0.39 is 122 Å². The van der Waals surface area contributed by atoms with Crippen molar-refractivity contribution in [2.75, 3.05) is 13.2 Å². The summed E-state index contributed by atoms with van der Waals surface area (Å²) in [6, 6.07) is 17.3. The van der Waals surface area contributed by atoms with Crippen LogP contribution in [0.5, 0.6) is 34.5 Å². The molecule has 2 saturated heterocycles. The number of Topliss-reactive ketones (excluding diaryl/α,β-unsaturated/α-hetero) is 1. The number of aliphatic hydroxyl groups is 9. The smallest absolute Gasteiger partial charge is 0.229 e. The number of carbonyl (C=O) groups is 1. The van der Waals surface area contributed by atoms with Crippen LogP contribution in [0.3, 0.4) is 0 Å². The van der Waals surface area contributed by atoms with Crippen LogP contribution in [0.15, 0.2) is 72.8 Å². The van der Waals surface area contributed by atoms with Crippen LogP contribution in [0.4, 0.5) is 0 Å². The molecule has 2 aliphatic heterocycles. The topological polar surface area (TPSA) is 317 Å². The minimum absolute atomic E-state index is 0.0432. The minimum Gasteiger partial charge on any atom is -0.508 e. The number of phenols is 4. The molecule has 8 rings (SSSR count). The summed E-state index contributed by atoms with van der Waals surface area (Å²) >= 11 is 0. The van der Waals surface area contributed by atoms with Gasteiger partial charge in [0.15, 0.2) is 5.78 Å². The summed E-state index contributed by atoms with van der Waals surface area (Å²) < 4.78 is 23.1. The van der Waals surface area contributed by atoms with Crippen molar-refractivity contribution in [2.24, 2.45) is 0 Å². The Hall–Kier alpha value is -5.09. The number of carbonyl (C=O) groups excluding carboxylic acids is 1. The number of ether oxygens (including phenoxy) is 4. The van der Waals surface area contributed by atoms with Gasteiger partial charge in [0.2, 0.25) is 12.6 Å². The van der Waals surface area contributed by atoms with Gasteiger partial charge in [-0.3, -0.25) is 4.79 Å². The number of fused-ring (bicyclic) bond motifs is 2. The molecule has 2 aliphatic carbocycles. The third-order valence-electron chi connectivity index (χ3n) is 12.6. The third-order valence-corrected chi connectivity index (χ3v) is 12.6. The first kappa shape index (κ1) is 43.6. The van der Waals surface area contributed by atoms with Crippen LogP contribution in [-0.2, 0) is 15.9 Å². The maximum atomic E-state index is 14.4. The number of phenolic OH excluding ortho intramolecular Hbond substituents is 4. The van der Waals surface area contributed by atoms with Gasteiger partial charge < -0.3 is 85.3 Å². The molecule has 13 N–H and O–H groups in total. The van der Waals surface area contributed by atoms with Gasteiger partial charge in [0, 0.05) is 41.9 Å². The Kier molecular flexibility index (Phi) is 12.1. The van der Waals surface area contributed by atoms with Crippen LogP contribution < -0.4 is 9.47 Å². The van der Waals surface area contributed by atoms with E-state index in [2.05, 4.69) is 0 Å². The lowest BCUT2D eigenvalue weighted by molar-refractivity contribution is -0.277. The van der Waals surface area contributed by atoms with Crippen LogP contribution in [0.1, 0.15) is 68.3 Å². The molecule has 0 radical (unpaired) electrons. The normalized spacial score (nSPS) is 34.5. The number of ketones is 1. The van der Waals surface area contributed by atoms with Gasteiger partial charge in [0.05, 0.1) is 24.9 Å². The highest BCUT2D eigenvalue weighted by atomic mass is 16.7. The molecule has 18 nitrogen and oxygen atoms in total. The highest BCUT2D eigenvalue weighted by molar-refractivity contribution is 6.02. The van der Waals surface area contributed by atoms with Crippen molar-refractivity contribution in [3.8, 4) is 34.5 Å². The van der Waals surface area contributed by atoms with E-state index in [0.29, 0.717) is 16.7 Å². The zero-order valence-electron chi connectivity index (χ0n) is 32.8. The molecule has 0 aromatic heterocycles. The van der Waals surface area contributed by atoms with Crippen LogP contribution in [0, 0.1) is 0 Å². The average molecular weight is 865 g/mol. The van der Waals surface area contributed by atoms with E-state index in [9.17, 15) is 71.2 Å². The van der Waals surface area contributed by atoms with E-state index in [1.807, 2.05) is 0 Å². The molecule has 15 atom stereocenters. The molecule has 2 heterocycles. The maximum Gasteiger partial charge on any atom is 0.229 e. The summed E-state index contributed by atoms with van der Waals surface area (Å²) in [5.74, 6) is -5.53. The Bertz CT molecular complexity index is 2250. The molecule has 332 valence electrons. The summed E-state index contributed by atoms with van der Waals surface area (Å²) in [7, 11) is 0. The van der Waals surface area contributed by atoms with E-state index >= 15 is 0 Å². The van der Waals surface area contributed by atoms with Crippen molar-refractivity contribution < 1.29 is 90.1 Å². The molecule has 0 spiro atoms. The van der Waals surface area contributed by atoms with Gasteiger partial charge in [-0.2, -0.15) is 0 Å². The molecule has 0 saturated carbocycles. The summed E-state index contributed by atoms with van der Waals surface area (Å²) in [6.45, 7) is -1.48. The van der Waals surface area contributed by atoms with Crippen molar-refractivity contribution in [3.63, 3.8) is 0 Å². The van der Waals surface area contributed by atoms with Gasteiger partial charge >= 0.3 is 0 Å². The van der Waals surface area contributed by atoms with Gasteiger partial charge in [0.25, 0.3) is 0 Å². The summed E-state index contributed by atoms with van der Waals surface area (Å²) in [6.07, 6.45) is -18.2. The van der Waals surface area contributed by atoms with E-state index in [1.165, 1.54) is 42.5 Å². The lowest BCUT2D eigenvalue weighted by Crippen LogP contribution is -2.60. The second-order valence-electron chi connectivity index (χ2n) is 16.3. The van der Waals surface area contributed by atoms with Crippen LogP contribution in [0.2, 0.25) is 0 Å². The number of rotatable bonds is 9. The number of aromatic hydroxyl groups is 4. The number of benzene rings is 4. The van der Waals surface area contributed by atoms with Gasteiger partial charge in [-0.05, 0) is 71.0 Å². The molecular weight excluding hydrogens is 816 g/mol. The molecule has 7 unspecified atom stereocenters. The van der Waals surface area contributed by atoms with Gasteiger partial charge in [-0.25, -0.2) is 0 Å². The Morgan fingerprint density at radius 2 is 1.08 bits per heavy atom. The van der Waals surface area contributed by atoms with Gasteiger partial charge in [-0.1, -0.05) is 24.3 Å². The van der Waals surface area contributed by atoms with Gasteiger partial charge in [0.1, 0.15) is 83.3 Å². The average Bonchev–Trinajstić information content (AvgIpc) is 3.24. The van der Waals surface area contributed by atoms with Crippen LogP contribution in [-0.4, -0.2) is 153 Å². The molecule has 2 fully saturated rings. The lowest BCUT2D eigenvalue weighted by atomic mass is 9.59. The van der Waals surface area contributed by atoms with Crippen LogP contribution >= 0.6 is 0 Å². The Labute approximate surface area is 353 Å². The fourth-order valence-corrected chi connectivity index (χ4v) is 9.50. The molecule has 0 amide bonds. The molecule has 4 aromatic carbocycles. The minimum atomic E-state index is -1.88. The second kappa shape index (κ2) is 17.2. The SMILES string of the molecule is O=C1CC(c2ccc(O)cc2)C(C2c3c(O)cc(OC4O[C@H](CO)[C@@H](O)[C@H](O)[C@H]4O)cc3CC(c3ccc(O)cc3)C2O)c2cc(O)cc(OC3O[C@H](CO)[C@@H](O)[C@H](O)[C@H]3O)c21. The quantitative estimate of drug-likeness (QED) is 0.104. The Balaban J connectivity index is 1.29. The first-order valence-corrected chi connectivity index (χ1v) is 20.1. The summed E-state index contributed by atoms with van der Waals surface area (Å²) in [5, 5.41) is 139. The van der Waals surface area contributed by atoms with E-state index in [1.54, 1.807) is 24.3 Å². The highest BCUT2D eigenvalue weighted by Gasteiger charge is 2.51. The fourth-order valence-electron chi connectivity index (χ4n) is 9.50. The zero-order valence-corrected chi connectivity index (χ0v) is 32.8. The highest BCUT2D eigenvalue weighted by Crippen LogP contribution is 2.59. The third kappa shape index (κ3) is 7.81. The zero-order chi connectivity index (χ0) is 44.3. The van der Waals surface area contributed by atoms with Gasteiger partial charge in [-0.15, -0.1) is 0 Å². The molecule has 0 bridgehead atoms. The largest absolute Gasteiger partial charge is 0.508 e. The number of hydrogen-bond donors (Lipinski definition) is 13. The molecule has 4 aromatic rings. The first-order valence-electron chi connectivity index (χ1n) is 20.1. The number of aliphatic hydroxyl groups excluding tert-OH is 9. The Morgan fingerprint density at radius 1 is 0.548 bits per heavy atom. The fraction of sp³-hybridized carbons (Fsp3) is 0.432. The predicted molar refractivity (Wildman–Crippen MR) is 211 cm³/mol. The lowest BCUT2D eigenvalue weighted by Gasteiger charge is -2.46. The second-order valence-corrected chi connectivity index (χ2v) is 16.3. The summed E-state index contributed by atoms with van der Waals surface area (Å²) in [4.78, 5) is 14.4. The molecular formula is C44H48O18. The predicted octanol–water partition coefficient (Wildman–Crippen LogP) is -0.195. The first-order chi connectivity index (χ1) is 29.6. The standard InChI is InChI=1S/C44H48O18/c45-15-30-37(53)39(55)41(57)43(61-30)59-23-9-19-10-25(18-3-7-21(48)8-4-18)36(52)35(32(19)27(50)13-23)33-24(17-1-5-20(47)6-2-17)14-28(51)34-26(33)11-22(49)12-29(34)60-44-42(58)40(56)38(54)31(16-46)62-44/h1-9,11-13,24-25,30-31,33,35-50,52-58H,10,14-16H2/t24?,25?,30-,31-,33?,35?,36?,37-,38-,39+,40+,41-,42-,43?,44?/m1/s1. The molecule has 18 heteroatoms. The van der Waals surface area contributed by atoms with Crippen molar-refractivity contribution in [1.29, 1.82) is 0 Å². The van der Waals surface area contributed by atoms with Crippen LogP contribution in [0.25, 0.3) is 0 Å². The van der Waals surface area contributed by atoms with Crippen molar-refractivity contribution >= 4 is 5.78 Å². The van der Waals surface area contributed by atoms with E-state index in [-0.39, 0.29) is 52.5 Å². The van der Waals surface area contributed by atoms with E-state index in [4.69, 9.17) is 18.9 Å². The van der Waals surface area contributed by atoms with E-state index in [0.717, 1.165) is 6.07 Å².